The van der Waals surface area contributed by atoms with E-state index in [0.29, 0.717) is 31.3 Å². The standard InChI is InChI=1S/C13H22N2O3/c1-9(2)10-3-5-14(7-10)13(18)15-6-4-11(8-15)12(16)17/h9-11H,3-8H2,1-2H3,(H,16,17). The molecule has 2 heterocycles. The summed E-state index contributed by atoms with van der Waals surface area (Å²) in [5.74, 6) is 0.0317. The Morgan fingerprint density at radius 1 is 1.11 bits per heavy atom. The first-order valence-corrected chi connectivity index (χ1v) is 6.75. The predicted molar refractivity (Wildman–Crippen MR) is 67.2 cm³/mol. The SMILES string of the molecule is CC(C)C1CCN(C(=O)N2CCC(C(=O)O)C2)C1. The highest BCUT2D eigenvalue weighted by Crippen LogP contribution is 2.26. The van der Waals surface area contributed by atoms with Crippen molar-refractivity contribution in [2.24, 2.45) is 17.8 Å². The highest BCUT2D eigenvalue weighted by Gasteiger charge is 2.35. The monoisotopic (exact) mass is 254 g/mol. The van der Waals surface area contributed by atoms with Gasteiger partial charge >= 0.3 is 12.0 Å². The van der Waals surface area contributed by atoms with Crippen molar-refractivity contribution in [1.82, 2.24) is 9.80 Å². The number of urea groups is 1. The van der Waals surface area contributed by atoms with Crippen LogP contribution in [0.25, 0.3) is 0 Å². The Morgan fingerprint density at radius 3 is 2.22 bits per heavy atom. The number of rotatable bonds is 2. The summed E-state index contributed by atoms with van der Waals surface area (Å²) in [4.78, 5) is 26.7. The molecule has 102 valence electrons. The summed E-state index contributed by atoms with van der Waals surface area (Å²) < 4.78 is 0. The fraction of sp³-hybridized carbons (Fsp3) is 0.846. The van der Waals surface area contributed by atoms with Gasteiger partial charge in [0.15, 0.2) is 0 Å². The molecule has 1 N–H and O–H groups in total. The van der Waals surface area contributed by atoms with E-state index < -0.39 is 5.97 Å². The number of carboxylic acid groups (broad SMARTS) is 1. The minimum Gasteiger partial charge on any atom is -0.481 e. The van der Waals surface area contributed by atoms with E-state index in [1.54, 1.807) is 4.90 Å². The van der Waals surface area contributed by atoms with E-state index in [-0.39, 0.29) is 11.9 Å². The first-order valence-electron chi connectivity index (χ1n) is 6.75. The molecule has 2 amide bonds. The molecular formula is C13H22N2O3. The third-order valence-corrected chi connectivity index (χ3v) is 4.25. The lowest BCUT2D eigenvalue weighted by molar-refractivity contribution is -0.141. The fourth-order valence-corrected chi connectivity index (χ4v) is 2.84. The molecule has 2 aliphatic heterocycles. The van der Waals surface area contributed by atoms with E-state index in [2.05, 4.69) is 13.8 Å². The van der Waals surface area contributed by atoms with Gasteiger partial charge in [0.1, 0.15) is 0 Å². The molecule has 5 heteroatoms. The molecule has 0 spiro atoms. The van der Waals surface area contributed by atoms with Gasteiger partial charge in [-0.25, -0.2) is 4.79 Å². The van der Waals surface area contributed by atoms with Crippen LogP contribution in [-0.4, -0.2) is 53.1 Å². The van der Waals surface area contributed by atoms with Gasteiger partial charge in [0.25, 0.3) is 0 Å². The van der Waals surface area contributed by atoms with E-state index in [9.17, 15) is 9.59 Å². The minimum atomic E-state index is -0.785. The van der Waals surface area contributed by atoms with Crippen LogP contribution in [0, 0.1) is 17.8 Å². The quantitative estimate of drug-likeness (QED) is 0.812. The Hall–Kier alpha value is -1.26. The van der Waals surface area contributed by atoms with Gasteiger partial charge in [-0.15, -0.1) is 0 Å². The second-order valence-electron chi connectivity index (χ2n) is 5.79. The Kier molecular flexibility index (Phi) is 3.78. The molecular weight excluding hydrogens is 232 g/mol. The summed E-state index contributed by atoms with van der Waals surface area (Å²) >= 11 is 0. The Morgan fingerprint density at radius 2 is 1.72 bits per heavy atom. The van der Waals surface area contributed by atoms with Crippen LogP contribution in [0.15, 0.2) is 0 Å². The van der Waals surface area contributed by atoms with Crippen LogP contribution >= 0.6 is 0 Å². The summed E-state index contributed by atoms with van der Waals surface area (Å²) in [7, 11) is 0. The van der Waals surface area contributed by atoms with Gasteiger partial charge in [0.2, 0.25) is 0 Å². The normalized spacial score (nSPS) is 28.2. The fourth-order valence-electron chi connectivity index (χ4n) is 2.84. The average molecular weight is 254 g/mol. The third-order valence-electron chi connectivity index (χ3n) is 4.25. The Bertz CT molecular complexity index is 343. The topological polar surface area (TPSA) is 60.9 Å². The number of hydrogen-bond donors (Lipinski definition) is 1. The molecule has 0 aromatic heterocycles. The molecule has 2 aliphatic rings. The highest BCUT2D eigenvalue weighted by molar-refractivity contribution is 5.77. The van der Waals surface area contributed by atoms with Crippen LogP contribution in [0.3, 0.4) is 0 Å². The lowest BCUT2D eigenvalue weighted by Gasteiger charge is -2.24. The maximum atomic E-state index is 12.2. The molecule has 2 rings (SSSR count). The number of carbonyl (C=O) groups is 2. The van der Waals surface area contributed by atoms with Crippen LogP contribution in [0.5, 0.6) is 0 Å². The molecule has 0 aromatic carbocycles. The molecule has 0 bridgehead atoms. The minimum absolute atomic E-state index is 0.0295. The van der Waals surface area contributed by atoms with Gasteiger partial charge in [0.05, 0.1) is 5.92 Å². The third kappa shape index (κ3) is 2.60. The van der Waals surface area contributed by atoms with E-state index in [0.717, 1.165) is 19.5 Å². The molecule has 2 atom stereocenters. The van der Waals surface area contributed by atoms with Crippen LogP contribution in [-0.2, 0) is 4.79 Å². The predicted octanol–water partition coefficient (Wildman–Crippen LogP) is 1.49. The molecule has 0 radical (unpaired) electrons. The van der Waals surface area contributed by atoms with E-state index >= 15 is 0 Å². The summed E-state index contributed by atoms with van der Waals surface area (Å²) in [5, 5.41) is 8.94. The number of aliphatic carboxylic acids is 1. The molecule has 0 aliphatic carbocycles. The van der Waals surface area contributed by atoms with Gasteiger partial charge in [-0.3, -0.25) is 4.79 Å². The Balaban J connectivity index is 1.88. The van der Waals surface area contributed by atoms with E-state index in [1.807, 2.05) is 4.90 Å². The number of carboxylic acids is 1. The number of amides is 2. The highest BCUT2D eigenvalue weighted by atomic mass is 16.4. The van der Waals surface area contributed by atoms with Crippen molar-refractivity contribution in [1.29, 1.82) is 0 Å². The first kappa shape index (κ1) is 13.2. The van der Waals surface area contributed by atoms with Gasteiger partial charge in [0, 0.05) is 26.2 Å². The smallest absolute Gasteiger partial charge is 0.320 e. The maximum Gasteiger partial charge on any atom is 0.320 e. The van der Waals surface area contributed by atoms with Gasteiger partial charge in [-0.05, 0) is 24.7 Å². The number of hydrogen-bond acceptors (Lipinski definition) is 2. The molecule has 18 heavy (non-hydrogen) atoms. The van der Waals surface area contributed by atoms with E-state index in [4.69, 9.17) is 5.11 Å². The van der Waals surface area contributed by atoms with Crippen LogP contribution < -0.4 is 0 Å². The van der Waals surface area contributed by atoms with Crippen LogP contribution in [0.2, 0.25) is 0 Å². The largest absolute Gasteiger partial charge is 0.481 e. The zero-order valence-corrected chi connectivity index (χ0v) is 11.1. The van der Waals surface area contributed by atoms with Crippen LogP contribution in [0.1, 0.15) is 26.7 Å². The van der Waals surface area contributed by atoms with Crippen molar-refractivity contribution in [3.05, 3.63) is 0 Å². The van der Waals surface area contributed by atoms with Gasteiger partial charge < -0.3 is 14.9 Å². The van der Waals surface area contributed by atoms with Crippen LogP contribution in [0.4, 0.5) is 4.79 Å². The van der Waals surface area contributed by atoms with Crippen molar-refractivity contribution in [2.45, 2.75) is 26.7 Å². The lowest BCUT2D eigenvalue weighted by atomic mass is 9.95. The molecule has 2 fully saturated rings. The number of nitrogens with zero attached hydrogens (tertiary/aromatic N) is 2. The van der Waals surface area contributed by atoms with Crippen molar-refractivity contribution >= 4 is 12.0 Å². The number of carbonyl (C=O) groups excluding carboxylic acids is 1. The average Bonchev–Trinajstić information content (AvgIpc) is 2.97. The second-order valence-corrected chi connectivity index (χ2v) is 5.79. The summed E-state index contributed by atoms with van der Waals surface area (Å²) in [5.41, 5.74) is 0. The maximum absolute atomic E-state index is 12.2. The summed E-state index contributed by atoms with van der Waals surface area (Å²) in [6.07, 6.45) is 1.65. The second kappa shape index (κ2) is 5.16. The lowest BCUT2D eigenvalue weighted by Crippen LogP contribution is -2.41. The van der Waals surface area contributed by atoms with Crippen molar-refractivity contribution in [2.75, 3.05) is 26.2 Å². The molecule has 2 saturated heterocycles. The zero-order chi connectivity index (χ0) is 13.3. The van der Waals surface area contributed by atoms with Gasteiger partial charge in [-0.2, -0.15) is 0 Å². The molecule has 0 aromatic rings. The van der Waals surface area contributed by atoms with Crippen molar-refractivity contribution in [3.63, 3.8) is 0 Å². The van der Waals surface area contributed by atoms with Crippen molar-refractivity contribution in [3.8, 4) is 0 Å². The molecule has 5 nitrogen and oxygen atoms in total. The first-order chi connectivity index (χ1) is 8.49. The summed E-state index contributed by atoms with van der Waals surface area (Å²) in [6, 6.07) is 0.0295. The van der Waals surface area contributed by atoms with E-state index in [1.165, 1.54) is 0 Å². The van der Waals surface area contributed by atoms with Crippen molar-refractivity contribution < 1.29 is 14.7 Å². The molecule has 2 unspecified atom stereocenters. The summed E-state index contributed by atoms with van der Waals surface area (Å²) in [6.45, 7) is 6.97. The zero-order valence-electron chi connectivity index (χ0n) is 11.1. The Labute approximate surface area is 108 Å². The molecule has 0 saturated carbocycles. The van der Waals surface area contributed by atoms with Gasteiger partial charge in [-0.1, -0.05) is 13.8 Å². The number of likely N-dealkylation sites (tertiary alicyclic amines) is 2.